The maximum Gasteiger partial charge on any atom is 0.410 e. The second-order valence-corrected chi connectivity index (χ2v) is 12.5. The van der Waals surface area contributed by atoms with Crippen molar-refractivity contribution in [1.82, 2.24) is 9.88 Å². The molecule has 0 atom stereocenters. The molecule has 2 aliphatic heterocycles. The highest BCUT2D eigenvalue weighted by atomic mass is 32.2. The minimum Gasteiger partial charge on any atom is -0.487 e. The molecule has 2 aliphatic rings. The van der Waals surface area contributed by atoms with Crippen LogP contribution in [0.3, 0.4) is 0 Å². The number of hydrogen-bond donors (Lipinski definition) is 0. The van der Waals surface area contributed by atoms with Crippen molar-refractivity contribution in [3.63, 3.8) is 0 Å². The summed E-state index contributed by atoms with van der Waals surface area (Å²) in [5.41, 5.74) is 6.68. The van der Waals surface area contributed by atoms with Crippen LogP contribution in [0.15, 0.2) is 60.8 Å². The average molecular weight is 531 g/mol. The molecule has 0 unspecified atom stereocenters. The van der Waals surface area contributed by atoms with Crippen LogP contribution in [0.4, 0.5) is 4.79 Å². The largest absolute Gasteiger partial charge is 0.487 e. The number of likely N-dealkylation sites (tertiary alicyclic amines) is 1. The number of amides is 1. The third-order valence-electron chi connectivity index (χ3n) is 7.47. The zero-order valence-electron chi connectivity index (χ0n) is 23.0. The number of fused-ring (bicyclic) bond motifs is 1. The second kappa shape index (κ2) is 11.0. The molecule has 0 saturated carbocycles. The van der Waals surface area contributed by atoms with Crippen LogP contribution < -0.4 is 4.74 Å². The lowest BCUT2D eigenvalue weighted by Gasteiger charge is -2.44. The molecular formula is C32H38N2O3S. The van der Waals surface area contributed by atoms with Gasteiger partial charge in [0.1, 0.15) is 17.0 Å². The molecule has 200 valence electrons. The lowest BCUT2D eigenvalue weighted by molar-refractivity contribution is -0.0272. The minimum absolute atomic E-state index is 0.192. The van der Waals surface area contributed by atoms with E-state index in [2.05, 4.69) is 61.5 Å². The van der Waals surface area contributed by atoms with E-state index >= 15 is 0 Å². The molecule has 0 radical (unpaired) electrons. The Morgan fingerprint density at radius 1 is 1.05 bits per heavy atom. The highest BCUT2D eigenvalue weighted by Gasteiger charge is 2.41. The summed E-state index contributed by atoms with van der Waals surface area (Å²) < 4.78 is 12.1. The molecular weight excluding hydrogens is 492 g/mol. The number of piperidine rings is 1. The molecule has 38 heavy (non-hydrogen) atoms. The van der Waals surface area contributed by atoms with Gasteiger partial charge in [-0.05, 0) is 87.1 Å². The van der Waals surface area contributed by atoms with E-state index in [9.17, 15) is 4.79 Å². The van der Waals surface area contributed by atoms with Gasteiger partial charge in [-0.1, -0.05) is 30.3 Å². The number of aromatic nitrogens is 1. The fourth-order valence-corrected chi connectivity index (χ4v) is 6.24. The molecule has 1 saturated heterocycles. The first-order chi connectivity index (χ1) is 18.2. The number of nitrogens with zero attached hydrogens (tertiary/aromatic N) is 2. The Hall–Kier alpha value is -2.99. The summed E-state index contributed by atoms with van der Waals surface area (Å²) in [7, 11) is 0. The summed E-state index contributed by atoms with van der Waals surface area (Å²) in [6.45, 7) is 9.22. The monoisotopic (exact) mass is 530 g/mol. The Morgan fingerprint density at radius 3 is 2.55 bits per heavy atom. The van der Waals surface area contributed by atoms with Gasteiger partial charge in [0.25, 0.3) is 0 Å². The lowest BCUT2D eigenvalue weighted by atomic mass is 9.83. The molecule has 1 fully saturated rings. The second-order valence-electron chi connectivity index (χ2n) is 11.5. The quantitative estimate of drug-likeness (QED) is 0.340. The van der Waals surface area contributed by atoms with Crippen LogP contribution in [0.2, 0.25) is 0 Å². The van der Waals surface area contributed by atoms with Crippen molar-refractivity contribution >= 4 is 17.9 Å². The summed E-state index contributed by atoms with van der Waals surface area (Å²) >= 11 is 1.92. The maximum atomic E-state index is 12.5. The predicted molar refractivity (Wildman–Crippen MR) is 155 cm³/mol. The Bertz CT molecular complexity index is 1270. The zero-order valence-corrected chi connectivity index (χ0v) is 23.8. The Labute approximate surface area is 230 Å². The van der Waals surface area contributed by atoms with Crippen LogP contribution in [0.1, 0.15) is 62.3 Å². The molecule has 1 amide bonds. The van der Waals surface area contributed by atoms with E-state index in [1.54, 1.807) is 0 Å². The normalized spacial score (nSPS) is 16.6. The van der Waals surface area contributed by atoms with Crippen molar-refractivity contribution < 1.29 is 14.3 Å². The van der Waals surface area contributed by atoms with Crippen molar-refractivity contribution in [2.75, 3.05) is 13.1 Å². The van der Waals surface area contributed by atoms with Crippen molar-refractivity contribution in [2.45, 2.75) is 76.1 Å². The third kappa shape index (κ3) is 6.35. The molecule has 5 nitrogen and oxygen atoms in total. The Kier molecular flexibility index (Phi) is 7.71. The van der Waals surface area contributed by atoms with E-state index in [4.69, 9.17) is 14.5 Å². The van der Waals surface area contributed by atoms with E-state index < -0.39 is 5.60 Å². The van der Waals surface area contributed by atoms with E-state index in [0.717, 1.165) is 54.2 Å². The number of aryl methyl sites for hydroxylation is 2. The number of thioether (sulfide) groups is 1. The molecule has 6 heteroatoms. The molecule has 1 aromatic heterocycles. The van der Waals surface area contributed by atoms with Gasteiger partial charge < -0.3 is 14.4 Å². The zero-order chi connectivity index (χ0) is 26.8. The van der Waals surface area contributed by atoms with E-state index in [1.807, 2.05) is 43.6 Å². The summed E-state index contributed by atoms with van der Waals surface area (Å²) in [6, 6.07) is 19.3. The first-order valence-electron chi connectivity index (χ1n) is 13.6. The Balaban J connectivity index is 1.17. The minimum atomic E-state index is -0.472. The van der Waals surface area contributed by atoms with Gasteiger partial charge in [-0.25, -0.2) is 4.79 Å². The topological polar surface area (TPSA) is 51.7 Å². The van der Waals surface area contributed by atoms with Crippen molar-refractivity contribution in [2.24, 2.45) is 0 Å². The number of carbonyl (C=O) groups excluding carboxylic acids is 1. The van der Waals surface area contributed by atoms with Crippen molar-refractivity contribution in [1.29, 1.82) is 0 Å². The van der Waals surface area contributed by atoms with Crippen molar-refractivity contribution in [3.8, 4) is 17.0 Å². The van der Waals surface area contributed by atoms with Gasteiger partial charge in [-0.2, -0.15) is 11.8 Å². The van der Waals surface area contributed by atoms with Gasteiger partial charge in [0.15, 0.2) is 0 Å². The third-order valence-corrected chi connectivity index (χ3v) is 8.52. The molecule has 0 N–H and O–H groups in total. The first-order valence-corrected chi connectivity index (χ1v) is 14.7. The molecule has 0 bridgehead atoms. The first kappa shape index (κ1) is 26.6. The fourth-order valence-electron chi connectivity index (χ4n) is 5.19. The fraction of sp³-hybridized carbons (Fsp3) is 0.438. The van der Waals surface area contributed by atoms with Crippen LogP contribution in [0, 0.1) is 6.92 Å². The molecule has 2 aromatic carbocycles. The van der Waals surface area contributed by atoms with Gasteiger partial charge >= 0.3 is 6.09 Å². The van der Waals surface area contributed by atoms with Gasteiger partial charge in [0.2, 0.25) is 0 Å². The number of pyridine rings is 1. The van der Waals surface area contributed by atoms with E-state index in [0.29, 0.717) is 13.1 Å². The maximum absolute atomic E-state index is 12.5. The van der Waals surface area contributed by atoms with Crippen LogP contribution in [-0.4, -0.2) is 40.3 Å². The molecule has 5 rings (SSSR count). The number of ether oxygens (including phenoxy) is 2. The van der Waals surface area contributed by atoms with E-state index in [-0.39, 0.29) is 11.7 Å². The lowest BCUT2D eigenvalue weighted by Crippen LogP contribution is -2.52. The molecule has 1 spiro atoms. The number of benzene rings is 2. The molecule has 3 aromatic rings. The van der Waals surface area contributed by atoms with Crippen LogP contribution in [0.25, 0.3) is 11.3 Å². The highest BCUT2D eigenvalue weighted by molar-refractivity contribution is 7.97. The predicted octanol–water partition coefficient (Wildman–Crippen LogP) is 7.59. The van der Waals surface area contributed by atoms with Gasteiger partial charge in [-0.15, -0.1) is 0 Å². The Morgan fingerprint density at radius 2 is 1.84 bits per heavy atom. The number of carbonyl (C=O) groups is 1. The SMILES string of the molecule is Cc1ccccc1CSCc1ccc(-c2ccc3c(c2)CCC2(CCN(C(=O)OC(C)(C)C)CC2)O3)nc1. The molecule has 3 heterocycles. The summed E-state index contributed by atoms with van der Waals surface area (Å²) in [6.07, 6.45) is 5.39. The molecule has 0 aliphatic carbocycles. The van der Waals surface area contributed by atoms with Crippen LogP contribution in [0.5, 0.6) is 5.75 Å². The average Bonchev–Trinajstić information content (AvgIpc) is 2.89. The van der Waals surface area contributed by atoms with Gasteiger partial charge in [0, 0.05) is 49.2 Å². The van der Waals surface area contributed by atoms with Gasteiger partial charge in [0.05, 0.1) is 5.69 Å². The number of rotatable bonds is 5. The standard InChI is InChI=1S/C32H38N2O3S/c1-23-7-5-6-8-27(23)22-38-21-24-9-11-28(33-20-24)25-10-12-29-26(19-25)13-14-32(36-29)15-17-34(18-16-32)30(35)37-31(2,3)4/h5-12,19-20H,13-18,21-22H2,1-4H3. The number of hydrogen-bond acceptors (Lipinski definition) is 5. The summed E-state index contributed by atoms with van der Waals surface area (Å²) in [5.74, 6) is 2.93. The summed E-state index contributed by atoms with van der Waals surface area (Å²) in [5, 5.41) is 0. The highest BCUT2D eigenvalue weighted by Crippen LogP contribution is 2.41. The smallest absolute Gasteiger partial charge is 0.410 e. The summed E-state index contributed by atoms with van der Waals surface area (Å²) in [4.78, 5) is 19.0. The van der Waals surface area contributed by atoms with Gasteiger partial charge in [-0.3, -0.25) is 4.98 Å². The van der Waals surface area contributed by atoms with Crippen LogP contribution >= 0.6 is 11.8 Å². The van der Waals surface area contributed by atoms with E-state index in [1.165, 1.54) is 22.3 Å². The van der Waals surface area contributed by atoms with Crippen molar-refractivity contribution in [3.05, 3.63) is 83.0 Å². The van der Waals surface area contributed by atoms with Crippen LogP contribution in [-0.2, 0) is 22.7 Å².